The van der Waals surface area contributed by atoms with Crippen LogP contribution in [-0.4, -0.2) is 74.4 Å². The zero-order valence-corrected chi connectivity index (χ0v) is 20.2. The lowest BCUT2D eigenvalue weighted by Gasteiger charge is -2.40. The molecular formula is C27H32N4O4. The largest absolute Gasteiger partial charge is 0.494 e. The maximum absolute atomic E-state index is 12.6. The first-order chi connectivity index (χ1) is 17.1. The van der Waals surface area contributed by atoms with Crippen LogP contribution in [0.4, 0.5) is 5.69 Å². The van der Waals surface area contributed by atoms with Gasteiger partial charge in [0.15, 0.2) is 5.69 Å². The molecule has 0 radical (unpaired) electrons. The Morgan fingerprint density at radius 2 is 1.66 bits per heavy atom. The summed E-state index contributed by atoms with van der Waals surface area (Å²) in [5.41, 5.74) is 1.20. The molecule has 1 saturated heterocycles. The van der Waals surface area contributed by atoms with Gasteiger partial charge in [-0.15, -0.1) is 0 Å². The van der Waals surface area contributed by atoms with Gasteiger partial charge in [0.25, 0.3) is 0 Å². The first kappa shape index (κ1) is 26.0. The van der Waals surface area contributed by atoms with Crippen LogP contribution in [0.1, 0.15) is 25.3 Å². The minimum absolute atomic E-state index is 0.179. The van der Waals surface area contributed by atoms with Gasteiger partial charge in [-0.3, -0.25) is 14.6 Å². The Balaban J connectivity index is 1.41. The fourth-order valence-electron chi connectivity index (χ4n) is 3.99. The molecule has 8 nitrogen and oxygen atoms in total. The van der Waals surface area contributed by atoms with Crippen LogP contribution >= 0.6 is 0 Å². The van der Waals surface area contributed by atoms with Gasteiger partial charge in [-0.25, -0.2) is 4.85 Å². The lowest BCUT2D eigenvalue weighted by atomic mass is 10.1. The number of ether oxygens (including phenoxy) is 3. The lowest BCUT2D eigenvalue weighted by Crippen LogP contribution is -2.57. The van der Waals surface area contributed by atoms with Crippen molar-refractivity contribution in [3.8, 4) is 17.6 Å². The van der Waals surface area contributed by atoms with Crippen molar-refractivity contribution in [2.24, 2.45) is 0 Å². The van der Waals surface area contributed by atoms with E-state index in [0.29, 0.717) is 37.6 Å². The van der Waals surface area contributed by atoms with Gasteiger partial charge in [-0.05, 0) is 56.2 Å². The van der Waals surface area contributed by atoms with E-state index in [-0.39, 0.29) is 12.0 Å². The SMILES string of the molecule is [C-]#[N+]c1ccc(OCCCN2CCN(CCCOc3ccc(C#N)cc3)C(C(=O)OCC)C2)cc1. The van der Waals surface area contributed by atoms with Gasteiger partial charge in [0.05, 0.1) is 38.0 Å². The smallest absolute Gasteiger partial charge is 0.324 e. The summed E-state index contributed by atoms with van der Waals surface area (Å²) in [6, 6.07) is 16.0. The van der Waals surface area contributed by atoms with Crippen LogP contribution in [-0.2, 0) is 9.53 Å². The second-order valence-corrected chi connectivity index (χ2v) is 8.25. The number of nitriles is 1. The van der Waals surface area contributed by atoms with Crippen LogP contribution in [0.15, 0.2) is 48.5 Å². The van der Waals surface area contributed by atoms with E-state index < -0.39 is 0 Å². The molecule has 1 heterocycles. The summed E-state index contributed by atoms with van der Waals surface area (Å²) in [6.45, 7) is 14.2. The van der Waals surface area contributed by atoms with Crippen molar-refractivity contribution in [2.45, 2.75) is 25.8 Å². The van der Waals surface area contributed by atoms with Crippen molar-refractivity contribution >= 4 is 11.7 Å². The molecule has 1 aliphatic heterocycles. The average molecular weight is 477 g/mol. The number of hydrogen-bond donors (Lipinski definition) is 0. The van der Waals surface area contributed by atoms with Crippen LogP contribution in [0, 0.1) is 17.9 Å². The zero-order chi connectivity index (χ0) is 24.9. The summed E-state index contributed by atoms with van der Waals surface area (Å²) in [5.74, 6) is 1.32. The maximum Gasteiger partial charge on any atom is 0.324 e. The van der Waals surface area contributed by atoms with Gasteiger partial charge in [-0.2, -0.15) is 5.26 Å². The standard InChI is InChI=1S/C27H32N4O4/c1-3-33-27(32)26-21-30(14-4-18-34-25-12-8-23(29-2)9-13-25)16-17-31(26)15-5-19-35-24-10-6-22(20-28)7-11-24/h6-13,26H,3-5,14-19,21H2,1H3. The fourth-order valence-corrected chi connectivity index (χ4v) is 3.99. The summed E-state index contributed by atoms with van der Waals surface area (Å²) in [5, 5.41) is 8.89. The van der Waals surface area contributed by atoms with Crippen molar-refractivity contribution in [1.29, 1.82) is 5.26 Å². The lowest BCUT2D eigenvalue weighted by molar-refractivity contribution is -0.152. The van der Waals surface area contributed by atoms with Gasteiger partial charge in [0.1, 0.15) is 17.5 Å². The predicted octanol–water partition coefficient (Wildman–Crippen LogP) is 3.90. The fraction of sp³-hybridized carbons (Fsp3) is 0.444. The van der Waals surface area contributed by atoms with E-state index in [2.05, 4.69) is 20.7 Å². The van der Waals surface area contributed by atoms with Gasteiger partial charge in [0, 0.05) is 32.7 Å². The highest BCUT2D eigenvalue weighted by Gasteiger charge is 2.32. The Bertz CT molecular complexity index is 1010. The van der Waals surface area contributed by atoms with Crippen molar-refractivity contribution < 1.29 is 19.0 Å². The minimum Gasteiger partial charge on any atom is -0.494 e. The molecule has 35 heavy (non-hydrogen) atoms. The van der Waals surface area contributed by atoms with Crippen molar-refractivity contribution in [3.63, 3.8) is 0 Å². The number of piperazine rings is 1. The molecule has 0 aliphatic carbocycles. The van der Waals surface area contributed by atoms with Crippen molar-refractivity contribution in [2.75, 3.05) is 52.5 Å². The number of carbonyl (C=O) groups excluding carboxylic acids is 1. The third-order valence-electron chi connectivity index (χ3n) is 5.83. The molecular weight excluding hydrogens is 444 g/mol. The van der Waals surface area contributed by atoms with Gasteiger partial charge < -0.3 is 14.2 Å². The molecule has 0 saturated carbocycles. The van der Waals surface area contributed by atoms with Gasteiger partial charge in [-0.1, -0.05) is 12.1 Å². The molecule has 3 rings (SSSR count). The quantitative estimate of drug-likeness (QED) is 0.261. The number of nitrogens with zero attached hydrogens (tertiary/aromatic N) is 4. The van der Waals surface area contributed by atoms with E-state index in [1.165, 1.54) is 0 Å². The van der Waals surface area contributed by atoms with Crippen molar-refractivity contribution in [1.82, 2.24) is 9.80 Å². The molecule has 0 N–H and O–H groups in total. The van der Waals surface area contributed by atoms with E-state index in [1.807, 2.05) is 19.1 Å². The Morgan fingerprint density at radius 1 is 1.03 bits per heavy atom. The molecule has 2 aromatic rings. The zero-order valence-electron chi connectivity index (χ0n) is 20.2. The van der Waals surface area contributed by atoms with Crippen LogP contribution in [0.5, 0.6) is 11.5 Å². The summed E-state index contributed by atoms with van der Waals surface area (Å²) in [6.07, 6.45) is 1.63. The molecule has 1 atom stereocenters. The molecule has 184 valence electrons. The topological polar surface area (TPSA) is 79.4 Å². The third-order valence-corrected chi connectivity index (χ3v) is 5.83. The second kappa shape index (κ2) is 14.0. The molecule has 1 unspecified atom stereocenters. The molecule has 0 amide bonds. The van der Waals surface area contributed by atoms with E-state index in [9.17, 15) is 4.79 Å². The van der Waals surface area contributed by atoms with Crippen LogP contribution < -0.4 is 9.47 Å². The predicted molar refractivity (Wildman–Crippen MR) is 133 cm³/mol. The van der Waals surface area contributed by atoms with E-state index in [4.69, 9.17) is 26.0 Å². The molecule has 0 aromatic heterocycles. The maximum atomic E-state index is 12.6. The van der Waals surface area contributed by atoms with Crippen LogP contribution in [0.25, 0.3) is 4.85 Å². The molecule has 1 fully saturated rings. The first-order valence-corrected chi connectivity index (χ1v) is 12.0. The highest BCUT2D eigenvalue weighted by molar-refractivity contribution is 5.76. The minimum atomic E-state index is -0.291. The van der Waals surface area contributed by atoms with Crippen LogP contribution in [0.2, 0.25) is 0 Å². The van der Waals surface area contributed by atoms with Crippen molar-refractivity contribution in [3.05, 3.63) is 65.5 Å². The molecule has 8 heteroatoms. The number of rotatable bonds is 12. The molecule has 1 aliphatic rings. The van der Waals surface area contributed by atoms with E-state index >= 15 is 0 Å². The Kier molecular flexibility index (Phi) is 10.4. The molecule has 0 bridgehead atoms. The normalized spacial score (nSPS) is 16.1. The summed E-state index contributed by atoms with van der Waals surface area (Å²) in [7, 11) is 0. The Morgan fingerprint density at radius 3 is 2.26 bits per heavy atom. The third kappa shape index (κ3) is 8.29. The summed E-state index contributed by atoms with van der Waals surface area (Å²) >= 11 is 0. The number of esters is 1. The highest BCUT2D eigenvalue weighted by atomic mass is 16.5. The number of carbonyl (C=O) groups is 1. The molecule has 2 aromatic carbocycles. The van der Waals surface area contributed by atoms with Gasteiger partial charge >= 0.3 is 5.97 Å². The Hall–Kier alpha value is -3.59. The Labute approximate surface area is 207 Å². The number of hydrogen-bond acceptors (Lipinski definition) is 7. The number of benzene rings is 2. The first-order valence-electron chi connectivity index (χ1n) is 12.0. The monoisotopic (exact) mass is 476 g/mol. The van der Waals surface area contributed by atoms with Crippen LogP contribution in [0.3, 0.4) is 0 Å². The van der Waals surface area contributed by atoms with Gasteiger partial charge in [0.2, 0.25) is 0 Å². The summed E-state index contributed by atoms with van der Waals surface area (Å²) in [4.78, 5) is 20.5. The highest BCUT2D eigenvalue weighted by Crippen LogP contribution is 2.18. The average Bonchev–Trinajstić information content (AvgIpc) is 2.90. The van der Waals surface area contributed by atoms with E-state index in [1.54, 1.807) is 36.4 Å². The summed E-state index contributed by atoms with van der Waals surface area (Å²) < 4.78 is 16.9. The van der Waals surface area contributed by atoms with E-state index in [0.717, 1.165) is 50.5 Å². The second-order valence-electron chi connectivity index (χ2n) is 8.25. The molecule has 0 spiro atoms.